The highest BCUT2D eigenvalue weighted by Crippen LogP contribution is 2.09. The molecule has 0 unspecified atom stereocenters. The lowest BCUT2D eigenvalue weighted by molar-refractivity contribution is -0.123. The van der Waals surface area contributed by atoms with Gasteiger partial charge in [-0.25, -0.2) is 0 Å². The van der Waals surface area contributed by atoms with Gasteiger partial charge in [-0.15, -0.1) is 0 Å². The van der Waals surface area contributed by atoms with E-state index in [4.69, 9.17) is 5.26 Å². The largest absolute Gasteiger partial charge is 0.341 e. The first-order valence-corrected chi connectivity index (χ1v) is 7.41. The van der Waals surface area contributed by atoms with Gasteiger partial charge in [-0.1, -0.05) is 26.0 Å². The zero-order valence-electron chi connectivity index (χ0n) is 13.6. The summed E-state index contributed by atoms with van der Waals surface area (Å²) in [5, 5.41) is 13.7. The molecule has 1 aromatic carbocycles. The van der Waals surface area contributed by atoms with Crippen LogP contribution >= 0.6 is 0 Å². The molecule has 0 fully saturated rings. The summed E-state index contributed by atoms with van der Waals surface area (Å²) in [6.07, 6.45) is 0.467. The fourth-order valence-corrected chi connectivity index (χ4v) is 2.05. The van der Waals surface area contributed by atoms with Gasteiger partial charge >= 0.3 is 0 Å². The molecule has 0 bridgehead atoms. The Morgan fingerprint density at radius 3 is 2.17 bits per heavy atom. The standard InChI is InChI=1S/C17H21N3O3/c1-11(2)10-15(17(23)19-9-8-18)20-16(22)14-6-4-13(5-7-14)12(3)21/h4-7,11,15H,9-10H2,1-3H3,(H,19,23)(H,20,22)/t15-/m0/s1. The van der Waals surface area contributed by atoms with Crippen LogP contribution in [0.25, 0.3) is 0 Å². The third-order valence-electron chi connectivity index (χ3n) is 3.22. The molecule has 1 aromatic rings. The van der Waals surface area contributed by atoms with Crippen LogP contribution in [0.15, 0.2) is 24.3 Å². The summed E-state index contributed by atoms with van der Waals surface area (Å²) in [5.41, 5.74) is 0.892. The predicted molar refractivity (Wildman–Crippen MR) is 85.8 cm³/mol. The Balaban J connectivity index is 2.81. The summed E-state index contributed by atoms with van der Waals surface area (Å²) in [7, 11) is 0. The van der Waals surface area contributed by atoms with E-state index in [2.05, 4.69) is 10.6 Å². The summed E-state index contributed by atoms with van der Waals surface area (Å²) < 4.78 is 0. The van der Waals surface area contributed by atoms with Gasteiger partial charge in [-0.3, -0.25) is 14.4 Å². The normalized spacial score (nSPS) is 11.4. The van der Waals surface area contributed by atoms with Crippen LogP contribution in [0.5, 0.6) is 0 Å². The maximum absolute atomic E-state index is 12.3. The highest BCUT2D eigenvalue weighted by Gasteiger charge is 2.22. The number of rotatable bonds is 7. The highest BCUT2D eigenvalue weighted by atomic mass is 16.2. The van der Waals surface area contributed by atoms with Crippen LogP contribution < -0.4 is 10.6 Å². The van der Waals surface area contributed by atoms with Crippen molar-refractivity contribution in [1.29, 1.82) is 5.26 Å². The first-order valence-electron chi connectivity index (χ1n) is 7.41. The molecule has 0 heterocycles. The summed E-state index contributed by atoms with van der Waals surface area (Å²) >= 11 is 0. The van der Waals surface area contributed by atoms with E-state index in [1.165, 1.54) is 6.92 Å². The molecule has 0 aliphatic heterocycles. The number of carbonyl (C=O) groups is 3. The summed E-state index contributed by atoms with van der Waals surface area (Å²) in [6.45, 7) is 5.24. The van der Waals surface area contributed by atoms with E-state index >= 15 is 0 Å². The number of hydrogen-bond acceptors (Lipinski definition) is 4. The monoisotopic (exact) mass is 315 g/mol. The Morgan fingerprint density at radius 1 is 1.13 bits per heavy atom. The lowest BCUT2D eigenvalue weighted by atomic mass is 10.0. The smallest absolute Gasteiger partial charge is 0.251 e. The molecule has 2 amide bonds. The molecule has 0 aliphatic rings. The lowest BCUT2D eigenvalue weighted by Gasteiger charge is -2.19. The van der Waals surface area contributed by atoms with E-state index < -0.39 is 11.9 Å². The van der Waals surface area contributed by atoms with Crippen molar-refractivity contribution in [3.63, 3.8) is 0 Å². The minimum atomic E-state index is -0.705. The fourth-order valence-electron chi connectivity index (χ4n) is 2.05. The summed E-state index contributed by atoms with van der Waals surface area (Å²) in [4.78, 5) is 35.5. The van der Waals surface area contributed by atoms with Gasteiger partial charge in [0.25, 0.3) is 5.91 Å². The molecule has 0 aliphatic carbocycles. The van der Waals surface area contributed by atoms with Crippen LogP contribution in [0, 0.1) is 17.2 Å². The molecule has 0 aromatic heterocycles. The number of amides is 2. The number of nitrogens with zero attached hydrogens (tertiary/aromatic N) is 1. The van der Waals surface area contributed by atoms with Crippen molar-refractivity contribution in [2.45, 2.75) is 33.2 Å². The maximum atomic E-state index is 12.3. The Hall–Kier alpha value is -2.68. The Bertz CT molecular complexity index is 615. The molecular weight excluding hydrogens is 294 g/mol. The van der Waals surface area contributed by atoms with Crippen molar-refractivity contribution < 1.29 is 14.4 Å². The molecule has 6 heteroatoms. The molecule has 2 N–H and O–H groups in total. The topological polar surface area (TPSA) is 99.1 Å². The van der Waals surface area contributed by atoms with Gasteiger partial charge in [-0.2, -0.15) is 5.26 Å². The SMILES string of the molecule is CC(=O)c1ccc(C(=O)N[C@@H](CC(C)C)C(=O)NCC#N)cc1. The van der Waals surface area contributed by atoms with Gasteiger partial charge in [-0.05, 0) is 31.4 Å². The third kappa shape index (κ3) is 5.91. The average Bonchev–Trinajstić information content (AvgIpc) is 2.51. The van der Waals surface area contributed by atoms with Crippen molar-refractivity contribution >= 4 is 17.6 Å². The Kier molecular flexibility index (Phi) is 6.94. The second-order valence-corrected chi connectivity index (χ2v) is 5.67. The quantitative estimate of drug-likeness (QED) is 0.590. The van der Waals surface area contributed by atoms with E-state index in [1.54, 1.807) is 24.3 Å². The van der Waals surface area contributed by atoms with Crippen molar-refractivity contribution in [2.75, 3.05) is 6.54 Å². The van der Waals surface area contributed by atoms with Crippen LogP contribution in [0.3, 0.4) is 0 Å². The Morgan fingerprint density at radius 2 is 1.70 bits per heavy atom. The average molecular weight is 315 g/mol. The molecule has 0 radical (unpaired) electrons. The van der Waals surface area contributed by atoms with Gasteiger partial charge < -0.3 is 10.6 Å². The molecule has 6 nitrogen and oxygen atoms in total. The van der Waals surface area contributed by atoms with Crippen LogP contribution in [0.4, 0.5) is 0 Å². The van der Waals surface area contributed by atoms with E-state index in [9.17, 15) is 14.4 Å². The first-order chi connectivity index (χ1) is 10.8. The number of carbonyl (C=O) groups excluding carboxylic acids is 3. The van der Waals surface area contributed by atoms with Crippen LogP contribution in [-0.2, 0) is 4.79 Å². The molecule has 0 saturated carbocycles. The molecule has 1 atom stereocenters. The van der Waals surface area contributed by atoms with Crippen LogP contribution in [0.1, 0.15) is 47.9 Å². The zero-order valence-corrected chi connectivity index (χ0v) is 13.6. The molecule has 0 spiro atoms. The third-order valence-corrected chi connectivity index (χ3v) is 3.22. The predicted octanol–water partition coefficient (Wildman–Crippen LogP) is 1.67. The molecule has 23 heavy (non-hydrogen) atoms. The van der Waals surface area contributed by atoms with Crippen molar-refractivity contribution in [2.24, 2.45) is 5.92 Å². The van der Waals surface area contributed by atoms with Gasteiger partial charge in [0.2, 0.25) is 5.91 Å². The summed E-state index contributed by atoms with van der Waals surface area (Å²) in [6, 6.07) is 7.37. The number of Topliss-reactive ketones (excluding diaryl/α,β-unsaturated/α-hetero) is 1. The molecule has 0 saturated heterocycles. The molecule has 122 valence electrons. The summed E-state index contributed by atoms with van der Waals surface area (Å²) in [5.74, 6) is -0.648. The number of hydrogen-bond donors (Lipinski definition) is 2. The second kappa shape index (κ2) is 8.69. The van der Waals surface area contributed by atoms with E-state index in [0.717, 1.165) is 0 Å². The number of benzene rings is 1. The Labute approximate surface area is 135 Å². The van der Waals surface area contributed by atoms with Crippen LogP contribution in [0.2, 0.25) is 0 Å². The van der Waals surface area contributed by atoms with Gasteiger partial charge in [0.05, 0.1) is 6.07 Å². The minimum absolute atomic E-state index is 0.0782. The fraction of sp³-hybridized carbons (Fsp3) is 0.412. The van der Waals surface area contributed by atoms with Crippen molar-refractivity contribution in [3.8, 4) is 6.07 Å². The number of nitrogens with one attached hydrogen (secondary N) is 2. The zero-order chi connectivity index (χ0) is 17.4. The second-order valence-electron chi connectivity index (χ2n) is 5.67. The van der Waals surface area contributed by atoms with Crippen molar-refractivity contribution in [3.05, 3.63) is 35.4 Å². The minimum Gasteiger partial charge on any atom is -0.341 e. The van der Waals surface area contributed by atoms with Gasteiger partial charge in [0, 0.05) is 11.1 Å². The number of ketones is 1. The molecule has 1 rings (SSSR count). The first kappa shape index (κ1) is 18.4. The van der Waals surface area contributed by atoms with E-state index in [-0.39, 0.29) is 24.2 Å². The van der Waals surface area contributed by atoms with Gasteiger partial charge in [0.1, 0.15) is 12.6 Å². The molecular formula is C17H21N3O3. The highest BCUT2D eigenvalue weighted by molar-refractivity contribution is 5.99. The van der Waals surface area contributed by atoms with Crippen molar-refractivity contribution in [1.82, 2.24) is 10.6 Å². The van der Waals surface area contributed by atoms with E-state index in [0.29, 0.717) is 17.5 Å². The van der Waals surface area contributed by atoms with E-state index in [1.807, 2.05) is 19.9 Å². The number of nitriles is 1. The van der Waals surface area contributed by atoms with Crippen LogP contribution in [-0.4, -0.2) is 30.2 Å². The maximum Gasteiger partial charge on any atom is 0.251 e. The lowest BCUT2D eigenvalue weighted by Crippen LogP contribution is -2.47. The van der Waals surface area contributed by atoms with Gasteiger partial charge in [0.15, 0.2) is 5.78 Å².